The Hall–Kier alpha value is -2.58. The Balaban J connectivity index is 2.12. The molecule has 1 amide bonds. The molecule has 0 aliphatic carbocycles. The van der Waals surface area contributed by atoms with E-state index < -0.39 is 17.9 Å². The van der Waals surface area contributed by atoms with Crippen LogP contribution < -0.4 is 10.1 Å². The first-order valence-corrected chi connectivity index (χ1v) is 9.50. The molecule has 144 valence electrons. The number of amides is 1. The molecule has 1 heterocycles. The Morgan fingerprint density at radius 1 is 1.22 bits per heavy atom. The molecule has 0 aliphatic rings. The van der Waals surface area contributed by atoms with Gasteiger partial charge in [-0.3, -0.25) is 9.59 Å². The Labute approximate surface area is 162 Å². The maximum Gasteiger partial charge on any atom is 0.305 e. The van der Waals surface area contributed by atoms with Crippen LogP contribution in [0.3, 0.4) is 0 Å². The van der Waals surface area contributed by atoms with Gasteiger partial charge in [0.2, 0.25) is 5.88 Å². The summed E-state index contributed by atoms with van der Waals surface area (Å²) in [5.41, 5.74) is 1.07. The van der Waals surface area contributed by atoms with Crippen LogP contribution in [0.1, 0.15) is 28.4 Å². The number of aromatic nitrogens is 1. The number of nitrogens with zero attached hydrogens (tertiary/aromatic N) is 1. The second-order valence-electron chi connectivity index (χ2n) is 5.62. The molecule has 2 aromatic rings. The predicted octanol–water partition coefficient (Wildman–Crippen LogP) is 2.77. The summed E-state index contributed by atoms with van der Waals surface area (Å²) in [6.07, 6.45) is 3.21. The summed E-state index contributed by atoms with van der Waals surface area (Å²) in [7, 11) is 1.56. The number of hydrogen-bond donors (Lipinski definition) is 2. The zero-order chi connectivity index (χ0) is 19.6. The maximum atomic E-state index is 12.6. The summed E-state index contributed by atoms with van der Waals surface area (Å²) in [6.45, 7) is 0.725. The molecule has 2 rings (SSSR count). The fraction of sp³-hybridized carbons (Fsp3) is 0.316. The van der Waals surface area contributed by atoms with E-state index in [1.54, 1.807) is 24.9 Å². The lowest BCUT2D eigenvalue weighted by molar-refractivity contribution is -0.137. The lowest BCUT2D eigenvalue weighted by Crippen LogP contribution is -2.30. The zero-order valence-electron chi connectivity index (χ0n) is 15.2. The molecule has 1 aromatic carbocycles. The van der Waals surface area contributed by atoms with E-state index in [4.69, 9.17) is 9.47 Å². The van der Waals surface area contributed by atoms with Crippen molar-refractivity contribution in [2.24, 2.45) is 0 Å². The second-order valence-corrected chi connectivity index (χ2v) is 6.50. The van der Waals surface area contributed by atoms with Crippen LogP contribution in [0.15, 0.2) is 47.5 Å². The molecule has 1 unspecified atom stereocenters. The zero-order valence-corrected chi connectivity index (χ0v) is 16.0. The minimum atomic E-state index is -0.993. The molecular formula is C19H22N2O5S. The summed E-state index contributed by atoms with van der Waals surface area (Å²) >= 11 is 1.59. The number of nitrogens with one attached hydrogen (secondary N) is 1. The number of methoxy groups -OCH3 is 1. The molecule has 0 saturated heterocycles. The predicted molar refractivity (Wildman–Crippen MR) is 102 cm³/mol. The highest BCUT2D eigenvalue weighted by Gasteiger charge is 2.19. The van der Waals surface area contributed by atoms with E-state index in [1.807, 2.05) is 30.5 Å². The van der Waals surface area contributed by atoms with Crippen LogP contribution in [0.2, 0.25) is 0 Å². The molecule has 0 spiro atoms. The van der Waals surface area contributed by atoms with E-state index in [2.05, 4.69) is 10.3 Å². The first-order valence-electron chi connectivity index (χ1n) is 8.28. The lowest BCUT2D eigenvalue weighted by atomic mass is 10.0. The Kier molecular flexibility index (Phi) is 8.09. The van der Waals surface area contributed by atoms with Crippen LogP contribution in [-0.2, 0) is 9.53 Å². The van der Waals surface area contributed by atoms with Crippen molar-refractivity contribution in [3.05, 3.63) is 53.7 Å². The van der Waals surface area contributed by atoms with E-state index in [0.717, 1.165) is 10.5 Å². The molecular weight excluding hydrogens is 368 g/mol. The van der Waals surface area contributed by atoms with Crippen molar-refractivity contribution in [2.45, 2.75) is 17.4 Å². The number of hydrogen-bond acceptors (Lipinski definition) is 6. The number of aliphatic carboxylic acids is 1. The average molecular weight is 390 g/mol. The molecule has 1 atom stereocenters. The normalized spacial score (nSPS) is 11.6. The van der Waals surface area contributed by atoms with Crippen LogP contribution in [0.25, 0.3) is 0 Å². The number of ether oxygens (including phenoxy) is 2. The Morgan fingerprint density at radius 2 is 1.96 bits per heavy atom. The third-order valence-electron chi connectivity index (χ3n) is 3.74. The van der Waals surface area contributed by atoms with E-state index in [0.29, 0.717) is 24.7 Å². The largest absolute Gasteiger partial charge is 0.481 e. The molecule has 0 aliphatic heterocycles. The average Bonchev–Trinajstić information content (AvgIpc) is 2.67. The Bertz CT molecular complexity index is 767. The van der Waals surface area contributed by atoms with Crippen molar-refractivity contribution in [2.75, 3.05) is 26.6 Å². The van der Waals surface area contributed by atoms with Gasteiger partial charge in [-0.2, -0.15) is 0 Å². The summed E-state index contributed by atoms with van der Waals surface area (Å²) in [5.74, 6) is -1.08. The van der Waals surface area contributed by atoms with E-state index in [-0.39, 0.29) is 6.42 Å². The topological polar surface area (TPSA) is 97.8 Å². The first kappa shape index (κ1) is 20.7. The number of carboxylic acid groups (broad SMARTS) is 1. The highest BCUT2D eigenvalue weighted by atomic mass is 32.2. The minimum Gasteiger partial charge on any atom is -0.481 e. The van der Waals surface area contributed by atoms with Crippen LogP contribution in [0.5, 0.6) is 5.88 Å². The smallest absolute Gasteiger partial charge is 0.305 e. The molecule has 8 heteroatoms. The van der Waals surface area contributed by atoms with Crippen LogP contribution >= 0.6 is 11.8 Å². The minimum absolute atomic E-state index is 0.216. The number of benzene rings is 1. The van der Waals surface area contributed by atoms with Crippen molar-refractivity contribution in [1.29, 1.82) is 0 Å². The van der Waals surface area contributed by atoms with Crippen molar-refractivity contribution >= 4 is 23.6 Å². The summed E-state index contributed by atoms with van der Waals surface area (Å²) < 4.78 is 10.3. The van der Waals surface area contributed by atoms with Crippen molar-refractivity contribution in [1.82, 2.24) is 10.3 Å². The molecule has 1 aromatic heterocycles. The molecule has 0 bridgehead atoms. The highest BCUT2D eigenvalue weighted by molar-refractivity contribution is 7.98. The number of rotatable bonds is 10. The van der Waals surface area contributed by atoms with Gasteiger partial charge in [-0.25, -0.2) is 4.98 Å². The molecule has 7 nitrogen and oxygen atoms in total. The Morgan fingerprint density at radius 3 is 2.59 bits per heavy atom. The number of thioether (sulfide) groups is 1. The van der Waals surface area contributed by atoms with Gasteiger partial charge in [0.25, 0.3) is 5.91 Å². The van der Waals surface area contributed by atoms with Crippen molar-refractivity contribution < 1.29 is 24.2 Å². The highest BCUT2D eigenvalue weighted by Crippen LogP contribution is 2.22. The summed E-state index contributed by atoms with van der Waals surface area (Å²) in [5, 5.41) is 12.0. The maximum absolute atomic E-state index is 12.6. The third-order valence-corrected chi connectivity index (χ3v) is 4.48. The molecule has 0 fully saturated rings. The fourth-order valence-corrected chi connectivity index (χ4v) is 2.77. The SMILES string of the molecule is COCCOc1cc(C(=O)NC(CC(=O)O)c2ccc(SC)cc2)ccn1. The van der Waals surface area contributed by atoms with Gasteiger partial charge in [0.1, 0.15) is 6.61 Å². The van der Waals surface area contributed by atoms with Crippen molar-refractivity contribution in [3.8, 4) is 5.88 Å². The van der Waals surface area contributed by atoms with Gasteiger partial charge in [0.05, 0.1) is 19.1 Å². The van der Waals surface area contributed by atoms with E-state index >= 15 is 0 Å². The first-order chi connectivity index (χ1) is 13.0. The van der Waals surface area contributed by atoms with Crippen molar-refractivity contribution in [3.63, 3.8) is 0 Å². The number of pyridine rings is 1. The number of carboxylic acids is 1. The molecule has 2 N–H and O–H groups in total. The van der Waals surface area contributed by atoms with Gasteiger partial charge >= 0.3 is 5.97 Å². The lowest BCUT2D eigenvalue weighted by Gasteiger charge is -2.18. The summed E-state index contributed by atoms with van der Waals surface area (Å²) in [6, 6.07) is 9.87. The van der Waals surface area contributed by atoms with Gasteiger partial charge in [0.15, 0.2) is 0 Å². The monoisotopic (exact) mass is 390 g/mol. The third kappa shape index (κ3) is 6.58. The van der Waals surface area contributed by atoms with Crippen LogP contribution in [0.4, 0.5) is 0 Å². The second kappa shape index (κ2) is 10.5. The van der Waals surface area contributed by atoms with Gasteiger partial charge in [0, 0.05) is 29.8 Å². The fourth-order valence-electron chi connectivity index (χ4n) is 2.36. The summed E-state index contributed by atoms with van der Waals surface area (Å²) in [4.78, 5) is 28.9. The van der Waals surface area contributed by atoms with E-state index in [1.165, 1.54) is 12.3 Å². The van der Waals surface area contributed by atoms with E-state index in [9.17, 15) is 14.7 Å². The number of carbonyl (C=O) groups excluding carboxylic acids is 1. The van der Waals surface area contributed by atoms with Crippen LogP contribution in [0, 0.1) is 0 Å². The quantitative estimate of drug-likeness (QED) is 0.475. The van der Waals surface area contributed by atoms with Gasteiger partial charge in [-0.05, 0) is 30.0 Å². The van der Waals surface area contributed by atoms with Gasteiger partial charge in [-0.1, -0.05) is 12.1 Å². The van der Waals surface area contributed by atoms with Gasteiger partial charge < -0.3 is 19.9 Å². The molecule has 0 saturated carbocycles. The molecule has 0 radical (unpaired) electrons. The molecule has 27 heavy (non-hydrogen) atoms. The van der Waals surface area contributed by atoms with Gasteiger partial charge in [-0.15, -0.1) is 11.8 Å². The number of carbonyl (C=O) groups is 2. The standard InChI is InChI=1S/C19H22N2O5S/c1-25-9-10-26-17-11-14(7-8-20-17)19(24)21-16(12-18(22)23)13-3-5-15(27-2)6-4-13/h3-8,11,16H,9-10,12H2,1-2H3,(H,21,24)(H,22,23). The van der Waals surface area contributed by atoms with Crippen LogP contribution in [-0.4, -0.2) is 48.5 Å².